The lowest BCUT2D eigenvalue weighted by atomic mass is 10.1. The first-order valence-corrected chi connectivity index (χ1v) is 6.43. The van der Waals surface area contributed by atoms with Crippen molar-refractivity contribution in [2.75, 3.05) is 32.6 Å². The van der Waals surface area contributed by atoms with E-state index in [1.54, 1.807) is 6.07 Å². The molecule has 0 bridgehead atoms. The first kappa shape index (κ1) is 14.5. The molecule has 0 aliphatic rings. The van der Waals surface area contributed by atoms with Crippen LogP contribution < -0.4 is 0 Å². The summed E-state index contributed by atoms with van der Waals surface area (Å²) >= 11 is 4.07. The summed E-state index contributed by atoms with van der Waals surface area (Å²) in [6.07, 6.45) is 0. The Morgan fingerprint density at radius 1 is 1.35 bits per heavy atom. The van der Waals surface area contributed by atoms with Crippen molar-refractivity contribution in [1.29, 1.82) is 0 Å². The lowest BCUT2D eigenvalue weighted by Gasteiger charge is -2.25. The van der Waals surface area contributed by atoms with Gasteiger partial charge in [0.1, 0.15) is 5.82 Å². The SMILES string of the molecule is CC(c1ccccc1F)N(C)CCOCCS. The van der Waals surface area contributed by atoms with Crippen molar-refractivity contribution in [1.82, 2.24) is 4.90 Å². The lowest BCUT2D eigenvalue weighted by Crippen LogP contribution is -2.27. The van der Waals surface area contributed by atoms with E-state index in [1.807, 2.05) is 26.1 Å². The summed E-state index contributed by atoms with van der Waals surface area (Å²) in [5.41, 5.74) is 0.726. The highest BCUT2D eigenvalue weighted by atomic mass is 32.1. The third kappa shape index (κ3) is 4.66. The minimum Gasteiger partial charge on any atom is -0.379 e. The van der Waals surface area contributed by atoms with E-state index in [-0.39, 0.29) is 11.9 Å². The first-order chi connectivity index (χ1) is 8.16. The molecular weight excluding hydrogens is 237 g/mol. The third-order valence-corrected chi connectivity index (χ3v) is 3.02. The van der Waals surface area contributed by atoms with E-state index in [9.17, 15) is 4.39 Å². The van der Waals surface area contributed by atoms with Crippen LogP contribution in [0.4, 0.5) is 4.39 Å². The topological polar surface area (TPSA) is 12.5 Å². The van der Waals surface area contributed by atoms with Gasteiger partial charge < -0.3 is 4.74 Å². The first-order valence-electron chi connectivity index (χ1n) is 5.80. The van der Waals surface area contributed by atoms with E-state index in [2.05, 4.69) is 17.5 Å². The van der Waals surface area contributed by atoms with Gasteiger partial charge in [-0.2, -0.15) is 12.6 Å². The molecule has 2 nitrogen and oxygen atoms in total. The molecule has 0 aliphatic carbocycles. The quantitative estimate of drug-likeness (QED) is 0.595. The van der Waals surface area contributed by atoms with Gasteiger partial charge in [-0.3, -0.25) is 4.90 Å². The summed E-state index contributed by atoms with van der Waals surface area (Å²) in [5.74, 6) is 0.579. The molecule has 96 valence electrons. The van der Waals surface area contributed by atoms with Crippen LogP contribution in [0, 0.1) is 5.82 Å². The highest BCUT2D eigenvalue weighted by Gasteiger charge is 2.14. The average molecular weight is 257 g/mol. The molecule has 0 saturated carbocycles. The van der Waals surface area contributed by atoms with Crippen LogP contribution in [0.5, 0.6) is 0 Å². The van der Waals surface area contributed by atoms with Crippen molar-refractivity contribution in [3.8, 4) is 0 Å². The molecule has 1 aromatic carbocycles. The highest BCUT2D eigenvalue weighted by molar-refractivity contribution is 7.80. The molecule has 0 spiro atoms. The average Bonchev–Trinajstić information content (AvgIpc) is 2.34. The number of hydrogen-bond acceptors (Lipinski definition) is 3. The van der Waals surface area contributed by atoms with Gasteiger partial charge in [-0.15, -0.1) is 0 Å². The molecule has 4 heteroatoms. The number of rotatable bonds is 7. The zero-order valence-corrected chi connectivity index (χ0v) is 11.3. The summed E-state index contributed by atoms with van der Waals surface area (Å²) < 4.78 is 18.9. The molecule has 0 amide bonds. The van der Waals surface area contributed by atoms with Gasteiger partial charge in [0, 0.05) is 23.9 Å². The van der Waals surface area contributed by atoms with Gasteiger partial charge in [-0.1, -0.05) is 18.2 Å². The molecule has 1 rings (SSSR count). The van der Waals surface area contributed by atoms with Crippen LogP contribution in [0.3, 0.4) is 0 Å². The van der Waals surface area contributed by atoms with E-state index in [0.29, 0.717) is 13.2 Å². The van der Waals surface area contributed by atoms with Crippen molar-refractivity contribution in [3.05, 3.63) is 35.6 Å². The van der Waals surface area contributed by atoms with Gasteiger partial charge in [-0.05, 0) is 20.0 Å². The minimum atomic E-state index is -0.150. The lowest BCUT2D eigenvalue weighted by molar-refractivity contribution is 0.111. The Morgan fingerprint density at radius 3 is 2.71 bits per heavy atom. The van der Waals surface area contributed by atoms with Crippen LogP contribution in [0.1, 0.15) is 18.5 Å². The van der Waals surface area contributed by atoms with Crippen LogP contribution in [0.2, 0.25) is 0 Å². The molecular formula is C13H20FNOS. The maximum Gasteiger partial charge on any atom is 0.127 e. The molecule has 0 N–H and O–H groups in total. The Labute approximate surface area is 108 Å². The van der Waals surface area contributed by atoms with Gasteiger partial charge in [0.05, 0.1) is 13.2 Å². The molecule has 0 radical (unpaired) electrons. The molecule has 1 atom stereocenters. The Balaban J connectivity index is 2.46. The molecule has 0 saturated heterocycles. The molecule has 0 aliphatic heterocycles. The zero-order valence-electron chi connectivity index (χ0n) is 10.4. The predicted molar refractivity (Wildman–Crippen MR) is 72.1 cm³/mol. The molecule has 1 unspecified atom stereocenters. The third-order valence-electron chi connectivity index (χ3n) is 2.84. The van der Waals surface area contributed by atoms with Crippen molar-refractivity contribution in [2.45, 2.75) is 13.0 Å². The molecule has 0 fully saturated rings. The van der Waals surface area contributed by atoms with Crippen LogP contribution in [-0.4, -0.2) is 37.5 Å². The van der Waals surface area contributed by atoms with Crippen LogP contribution in [0.25, 0.3) is 0 Å². The second kappa shape index (κ2) is 7.69. The highest BCUT2D eigenvalue weighted by Crippen LogP contribution is 2.20. The maximum atomic E-state index is 13.6. The zero-order chi connectivity index (χ0) is 12.7. The van der Waals surface area contributed by atoms with Gasteiger partial charge in [0.25, 0.3) is 0 Å². The minimum absolute atomic E-state index is 0.0517. The summed E-state index contributed by atoms with van der Waals surface area (Å²) in [7, 11) is 1.97. The fourth-order valence-corrected chi connectivity index (χ4v) is 1.75. The van der Waals surface area contributed by atoms with Gasteiger partial charge in [-0.25, -0.2) is 4.39 Å². The smallest absolute Gasteiger partial charge is 0.127 e. The van der Waals surface area contributed by atoms with E-state index < -0.39 is 0 Å². The number of nitrogens with zero attached hydrogens (tertiary/aromatic N) is 1. The number of hydrogen-bond donors (Lipinski definition) is 1. The second-order valence-corrected chi connectivity index (χ2v) is 4.46. The van der Waals surface area contributed by atoms with Crippen molar-refractivity contribution < 1.29 is 9.13 Å². The largest absolute Gasteiger partial charge is 0.379 e. The Morgan fingerprint density at radius 2 is 2.06 bits per heavy atom. The fraction of sp³-hybridized carbons (Fsp3) is 0.538. The van der Waals surface area contributed by atoms with Crippen LogP contribution in [-0.2, 0) is 4.74 Å². The molecule has 1 aromatic rings. The number of likely N-dealkylation sites (N-methyl/N-ethyl adjacent to an activating group) is 1. The van der Waals surface area contributed by atoms with E-state index in [0.717, 1.165) is 17.9 Å². The normalized spacial score (nSPS) is 13.0. The number of halogens is 1. The van der Waals surface area contributed by atoms with Crippen LogP contribution >= 0.6 is 12.6 Å². The monoisotopic (exact) mass is 257 g/mol. The molecule has 0 aromatic heterocycles. The predicted octanol–water partition coefficient (Wildman–Crippen LogP) is 2.76. The molecule has 0 heterocycles. The summed E-state index contributed by atoms with van der Waals surface area (Å²) in [5, 5.41) is 0. The van der Waals surface area contributed by atoms with E-state index >= 15 is 0 Å². The summed E-state index contributed by atoms with van der Waals surface area (Å²) in [6, 6.07) is 6.94. The van der Waals surface area contributed by atoms with Crippen molar-refractivity contribution >= 4 is 12.6 Å². The molecule has 17 heavy (non-hydrogen) atoms. The van der Waals surface area contributed by atoms with Gasteiger partial charge >= 0.3 is 0 Å². The van der Waals surface area contributed by atoms with E-state index in [1.165, 1.54) is 6.07 Å². The Hall–Kier alpha value is -0.580. The van der Waals surface area contributed by atoms with Gasteiger partial charge in [0.2, 0.25) is 0 Å². The van der Waals surface area contributed by atoms with Crippen molar-refractivity contribution in [3.63, 3.8) is 0 Å². The second-order valence-electron chi connectivity index (χ2n) is 4.01. The maximum absolute atomic E-state index is 13.6. The van der Waals surface area contributed by atoms with Crippen molar-refractivity contribution in [2.24, 2.45) is 0 Å². The number of thiol groups is 1. The standard InChI is InChI=1S/C13H20FNOS/c1-11(12-5-3-4-6-13(12)14)15(2)7-8-16-9-10-17/h3-6,11,17H,7-10H2,1-2H3. The van der Waals surface area contributed by atoms with Crippen LogP contribution in [0.15, 0.2) is 24.3 Å². The Bertz CT molecular complexity index is 335. The number of benzene rings is 1. The summed E-state index contributed by atoms with van der Waals surface area (Å²) in [4.78, 5) is 2.08. The number of ether oxygens (including phenoxy) is 1. The van der Waals surface area contributed by atoms with Gasteiger partial charge in [0.15, 0.2) is 0 Å². The fourth-order valence-electron chi connectivity index (χ4n) is 1.62. The summed E-state index contributed by atoms with van der Waals surface area (Å²) in [6.45, 7) is 4.08. The van der Waals surface area contributed by atoms with E-state index in [4.69, 9.17) is 4.74 Å². The Kier molecular flexibility index (Phi) is 6.55.